The highest BCUT2D eigenvalue weighted by Gasteiger charge is 2.29. The van der Waals surface area contributed by atoms with Gasteiger partial charge in [-0.05, 0) is 37.0 Å². The maximum atomic E-state index is 5.87. The average molecular weight is 334 g/mol. The van der Waals surface area contributed by atoms with Crippen LogP contribution >= 0.6 is 0 Å². The molecule has 0 radical (unpaired) electrons. The van der Waals surface area contributed by atoms with E-state index < -0.39 is 8.07 Å². The van der Waals surface area contributed by atoms with Gasteiger partial charge in [-0.3, -0.25) is 0 Å². The molecule has 23 heavy (non-hydrogen) atoms. The molecule has 2 nitrogen and oxygen atoms in total. The first-order valence-corrected chi connectivity index (χ1v) is 12.4. The van der Waals surface area contributed by atoms with Crippen LogP contribution in [0.1, 0.15) is 45.7 Å². The minimum absolute atomic E-state index is 0.242. The van der Waals surface area contributed by atoms with E-state index in [4.69, 9.17) is 4.74 Å². The Morgan fingerprint density at radius 3 is 2.04 bits per heavy atom. The summed E-state index contributed by atoms with van der Waals surface area (Å²) in [4.78, 5) is 2.63. The van der Waals surface area contributed by atoms with Crippen LogP contribution in [0.25, 0.3) is 0 Å². The average Bonchev–Trinajstić information content (AvgIpc) is 2.35. The summed E-state index contributed by atoms with van der Waals surface area (Å²) in [5.41, 5.74) is 3.17. The minimum Gasteiger partial charge on any atom is -0.373 e. The Bertz CT molecular complexity index is 493. The van der Waals surface area contributed by atoms with E-state index in [9.17, 15) is 0 Å². The van der Waals surface area contributed by atoms with Crippen molar-refractivity contribution in [2.24, 2.45) is 0 Å². The van der Waals surface area contributed by atoms with Crippen molar-refractivity contribution in [2.75, 3.05) is 19.3 Å². The third-order valence-corrected chi connectivity index (χ3v) is 7.32. The standard InChI is InChI=1S/C20H35NOSi/c1-16-12-21(13-17(2)22-16)15-23(6,7)14-18-8-10-19(11-9-18)20(3,4)5/h8-11,16-17H,12-15H2,1-7H3. The van der Waals surface area contributed by atoms with Crippen LogP contribution < -0.4 is 0 Å². The molecule has 1 aromatic rings. The lowest BCUT2D eigenvalue weighted by Gasteiger charge is -2.39. The predicted octanol–water partition coefficient (Wildman–Crippen LogP) is 4.42. The number of ether oxygens (including phenoxy) is 1. The fourth-order valence-electron chi connectivity index (χ4n) is 3.75. The lowest BCUT2D eigenvalue weighted by molar-refractivity contribution is -0.0633. The zero-order chi connectivity index (χ0) is 17.3. The predicted molar refractivity (Wildman–Crippen MR) is 103 cm³/mol. The van der Waals surface area contributed by atoms with Crippen molar-refractivity contribution in [3.05, 3.63) is 35.4 Å². The number of morpholine rings is 1. The summed E-state index contributed by atoms with van der Waals surface area (Å²) in [5.74, 6) is 0. The van der Waals surface area contributed by atoms with Gasteiger partial charge in [-0.1, -0.05) is 63.7 Å². The van der Waals surface area contributed by atoms with Crippen LogP contribution in [0.2, 0.25) is 13.1 Å². The molecule has 0 aromatic heterocycles. The molecule has 1 fully saturated rings. The molecular weight excluding hydrogens is 298 g/mol. The minimum atomic E-state index is -1.28. The Balaban J connectivity index is 1.97. The highest BCUT2D eigenvalue weighted by atomic mass is 28.3. The van der Waals surface area contributed by atoms with Crippen molar-refractivity contribution >= 4 is 8.07 Å². The van der Waals surface area contributed by atoms with Crippen molar-refractivity contribution in [3.8, 4) is 0 Å². The second kappa shape index (κ2) is 7.08. The van der Waals surface area contributed by atoms with E-state index in [2.05, 4.69) is 76.9 Å². The lowest BCUT2D eigenvalue weighted by atomic mass is 9.87. The summed E-state index contributed by atoms with van der Waals surface area (Å²) in [6.45, 7) is 18.5. The Morgan fingerprint density at radius 2 is 1.57 bits per heavy atom. The molecule has 2 rings (SSSR count). The highest BCUT2D eigenvalue weighted by Crippen LogP contribution is 2.24. The number of hydrogen-bond donors (Lipinski definition) is 0. The van der Waals surface area contributed by atoms with E-state index in [1.54, 1.807) is 0 Å². The topological polar surface area (TPSA) is 12.5 Å². The number of hydrogen-bond acceptors (Lipinski definition) is 2. The third-order valence-electron chi connectivity index (χ3n) is 4.65. The van der Waals surface area contributed by atoms with E-state index >= 15 is 0 Å². The maximum Gasteiger partial charge on any atom is 0.0678 e. The van der Waals surface area contributed by atoms with Gasteiger partial charge in [0.1, 0.15) is 0 Å². The van der Waals surface area contributed by atoms with Gasteiger partial charge in [-0.2, -0.15) is 0 Å². The van der Waals surface area contributed by atoms with Gasteiger partial charge in [0.2, 0.25) is 0 Å². The molecule has 1 heterocycles. The van der Waals surface area contributed by atoms with Gasteiger partial charge in [0, 0.05) is 13.1 Å². The summed E-state index contributed by atoms with van der Waals surface area (Å²) in [6.07, 6.45) is 2.01. The van der Waals surface area contributed by atoms with Crippen LogP contribution in [0.4, 0.5) is 0 Å². The Hall–Kier alpha value is -0.643. The zero-order valence-corrected chi connectivity index (χ0v) is 17.1. The van der Waals surface area contributed by atoms with Crippen LogP contribution in [0.5, 0.6) is 0 Å². The molecule has 1 aliphatic heterocycles. The molecule has 3 heteroatoms. The Labute approximate surface area is 144 Å². The SMILES string of the molecule is CC1CN(C[Si](C)(C)Cc2ccc(C(C)(C)C)cc2)CC(C)O1. The fourth-order valence-corrected chi connectivity index (χ4v) is 6.67. The van der Waals surface area contributed by atoms with E-state index in [1.165, 1.54) is 23.3 Å². The summed E-state index contributed by atoms with van der Waals surface area (Å²) in [7, 11) is -1.28. The van der Waals surface area contributed by atoms with E-state index in [0.717, 1.165) is 13.1 Å². The van der Waals surface area contributed by atoms with Gasteiger partial charge < -0.3 is 9.64 Å². The van der Waals surface area contributed by atoms with Crippen LogP contribution in [-0.4, -0.2) is 44.4 Å². The van der Waals surface area contributed by atoms with Gasteiger partial charge >= 0.3 is 0 Å². The first kappa shape index (κ1) is 18.7. The fraction of sp³-hybridized carbons (Fsp3) is 0.700. The molecule has 1 saturated heterocycles. The first-order valence-electron chi connectivity index (χ1n) is 9.02. The zero-order valence-electron chi connectivity index (χ0n) is 16.1. The smallest absolute Gasteiger partial charge is 0.0678 e. The van der Waals surface area contributed by atoms with Gasteiger partial charge in [0.25, 0.3) is 0 Å². The molecule has 0 bridgehead atoms. The van der Waals surface area contributed by atoms with Crippen molar-refractivity contribution < 1.29 is 4.74 Å². The second-order valence-corrected chi connectivity index (χ2v) is 14.2. The molecular formula is C20H35NOSi. The Kier molecular flexibility index (Phi) is 5.75. The van der Waals surface area contributed by atoms with Crippen LogP contribution in [0.15, 0.2) is 24.3 Å². The molecule has 130 valence electrons. The van der Waals surface area contributed by atoms with Crippen LogP contribution in [-0.2, 0) is 16.2 Å². The van der Waals surface area contributed by atoms with Crippen LogP contribution in [0.3, 0.4) is 0 Å². The van der Waals surface area contributed by atoms with E-state index in [-0.39, 0.29) is 5.41 Å². The summed E-state index contributed by atoms with van der Waals surface area (Å²) in [5, 5.41) is 0. The molecule has 0 aliphatic carbocycles. The highest BCUT2D eigenvalue weighted by molar-refractivity contribution is 6.77. The largest absolute Gasteiger partial charge is 0.373 e. The van der Waals surface area contributed by atoms with Crippen molar-refractivity contribution in [2.45, 2.75) is 71.4 Å². The monoisotopic (exact) mass is 333 g/mol. The molecule has 2 unspecified atom stereocenters. The van der Waals surface area contributed by atoms with Crippen molar-refractivity contribution in [3.63, 3.8) is 0 Å². The van der Waals surface area contributed by atoms with Crippen molar-refractivity contribution in [1.29, 1.82) is 0 Å². The van der Waals surface area contributed by atoms with Gasteiger partial charge in [0.05, 0.1) is 20.3 Å². The molecule has 0 amide bonds. The summed E-state index contributed by atoms with van der Waals surface area (Å²) >= 11 is 0. The molecule has 0 N–H and O–H groups in total. The molecule has 1 aromatic carbocycles. The van der Waals surface area contributed by atoms with Crippen LogP contribution in [0, 0.1) is 0 Å². The lowest BCUT2D eigenvalue weighted by Crippen LogP contribution is -2.52. The van der Waals surface area contributed by atoms with E-state index in [1.807, 2.05) is 0 Å². The summed E-state index contributed by atoms with van der Waals surface area (Å²) < 4.78 is 5.87. The van der Waals surface area contributed by atoms with Gasteiger partial charge in [-0.15, -0.1) is 0 Å². The quantitative estimate of drug-likeness (QED) is 0.756. The van der Waals surface area contributed by atoms with Gasteiger partial charge in [-0.25, -0.2) is 0 Å². The third kappa shape index (κ3) is 5.73. The number of benzene rings is 1. The van der Waals surface area contributed by atoms with Crippen molar-refractivity contribution in [1.82, 2.24) is 4.90 Å². The number of nitrogens with zero attached hydrogens (tertiary/aromatic N) is 1. The molecule has 0 spiro atoms. The summed E-state index contributed by atoms with van der Waals surface area (Å²) in [6, 6.07) is 10.6. The normalized spacial score (nSPS) is 24.0. The molecule has 1 aliphatic rings. The molecule has 2 atom stereocenters. The maximum absolute atomic E-state index is 5.87. The number of rotatable bonds is 4. The van der Waals surface area contributed by atoms with E-state index in [0.29, 0.717) is 12.2 Å². The second-order valence-electron chi connectivity index (χ2n) is 9.24. The first-order chi connectivity index (χ1) is 10.5. The van der Waals surface area contributed by atoms with Gasteiger partial charge in [0.15, 0.2) is 0 Å². The Morgan fingerprint density at radius 1 is 1.04 bits per heavy atom. The molecule has 0 saturated carbocycles.